The van der Waals surface area contributed by atoms with Crippen LogP contribution in [0.25, 0.3) is 0 Å². The molecule has 1 aromatic rings. The number of halogens is 1. The zero-order valence-corrected chi connectivity index (χ0v) is 11.4. The molecule has 0 spiro atoms. The second-order valence-corrected chi connectivity index (χ2v) is 7.21. The van der Waals surface area contributed by atoms with Gasteiger partial charge in [0.25, 0.3) is 0 Å². The van der Waals surface area contributed by atoms with Crippen molar-refractivity contribution in [3.8, 4) is 0 Å². The van der Waals surface area contributed by atoms with E-state index in [4.69, 9.17) is 0 Å². The van der Waals surface area contributed by atoms with Crippen molar-refractivity contribution >= 4 is 9.84 Å². The van der Waals surface area contributed by atoms with E-state index in [2.05, 4.69) is 5.32 Å². The van der Waals surface area contributed by atoms with Crippen LogP contribution >= 0.6 is 0 Å². The number of sulfone groups is 1. The normalized spacial score (nSPS) is 31.2. The molecule has 1 heterocycles. The summed E-state index contributed by atoms with van der Waals surface area (Å²) in [6.45, 7) is 3.58. The molecule has 1 fully saturated rings. The van der Waals surface area contributed by atoms with E-state index in [-0.39, 0.29) is 17.6 Å². The maximum Gasteiger partial charge on any atom is 0.156 e. The van der Waals surface area contributed by atoms with E-state index in [1.54, 1.807) is 25.1 Å². The van der Waals surface area contributed by atoms with Crippen LogP contribution < -0.4 is 5.32 Å². The summed E-state index contributed by atoms with van der Waals surface area (Å²) in [5.41, 5.74) is 0.437. The molecule has 1 aliphatic rings. The second kappa shape index (κ2) is 4.97. The summed E-state index contributed by atoms with van der Waals surface area (Å²) in [4.78, 5) is 0. The molecule has 0 bridgehead atoms. The lowest BCUT2D eigenvalue weighted by molar-refractivity contribution is 0.395. The maximum atomic E-state index is 13.8. The number of hydrogen-bond donors (Lipinski definition) is 1. The van der Waals surface area contributed by atoms with E-state index >= 15 is 0 Å². The van der Waals surface area contributed by atoms with Gasteiger partial charge in [-0.15, -0.1) is 0 Å². The molecular formula is C13H18FNO2S. The standard InChI is InChI=1S/C13H18FNO2S/c1-3-10-8-18(16,17)9(2)13(15-10)11-6-4-5-7-12(11)14/h4-7,9-10,13,15H,3,8H2,1-2H3. The van der Waals surface area contributed by atoms with Gasteiger partial charge in [-0.1, -0.05) is 25.1 Å². The van der Waals surface area contributed by atoms with E-state index in [1.807, 2.05) is 6.92 Å². The molecule has 5 heteroatoms. The van der Waals surface area contributed by atoms with Crippen LogP contribution in [0.2, 0.25) is 0 Å². The molecule has 0 aromatic heterocycles. The van der Waals surface area contributed by atoms with Crippen molar-refractivity contribution in [3.63, 3.8) is 0 Å². The van der Waals surface area contributed by atoms with Crippen molar-refractivity contribution in [1.29, 1.82) is 0 Å². The Bertz CT molecular complexity index is 530. The highest BCUT2D eigenvalue weighted by Gasteiger charge is 2.39. The molecule has 1 aliphatic heterocycles. The molecule has 0 saturated carbocycles. The summed E-state index contributed by atoms with van der Waals surface area (Å²) in [5, 5.41) is 2.65. The van der Waals surface area contributed by atoms with Crippen molar-refractivity contribution in [2.45, 2.75) is 37.6 Å². The SMILES string of the molecule is CCC1CS(=O)(=O)C(C)C(c2ccccc2F)N1. The highest BCUT2D eigenvalue weighted by molar-refractivity contribution is 7.92. The third-order valence-electron chi connectivity index (χ3n) is 3.62. The van der Waals surface area contributed by atoms with Gasteiger partial charge in [0.2, 0.25) is 0 Å². The van der Waals surface area contributed by atoms with E-state index in [0.29, 0.717) is 5.56 Å². The largest absolute Gasteiger partial charge is 0.305 e. The van der Waals surface area contributed by atoms with Gasteiger partial charge in [-0.25, -0.2) is 12.8 Å². The topological polar surface area (TPSA) is 46.2 Å². The Labute approximate surface area is 107 Å². The van der Waals surface area contributed by atoms with Gasteiger partial charge in [-0.2, -0.15) is 0 Å². The molecular weight excluding hydrogens is 253 g/mol. The number of rotatable bonds is 2. The average Bonchev–Trinajstić information content (AvgIpc) is 2.33. The molecule has 0 radical (unpaired) electrons. The zero-order valence-electron chi connectivity index (χ0n) is 10.6. The van der Waals surface area contributed by atoms with E-state index in [0.717, 1.165) is 6.42 Å². The van der Waals surface area contributed by atoms with Gasteiger partial charge in [0.1, 0.15) is 5.82 Å². The fourth-order valence-electron chi connectivity index (χ4n) is 2.38. The fraction of sp³-hybridized carbons (Fsp3) is 0.538. The number of nitrogens with one attached hydrogen (secondary N) is 1. The predicted octanol–water partition coefficient (Wildman–Crippen LogP) is 2.05. The Morgan fingerprint density at radius 1 is 1.39 bits per heavy atom. The second-order valence-electron chi connectivity index (χ2n) is 4.81. The first-order valence-corrected chi connectivity index (χ1v) is 7.89. The molecule has 0 amide bonds. The van der Waals surface area contributed by atoms with Crippen molar-refractivity contribution < 1.29 is 12.8 Å². The minimum absolute atomic E-state index is 0.101. The van der Waals surface area contributed by atoms with Crippen LogP contribution in [-0.2, 0) is 9.84 Å². The highest BCUT2D eigenvalue weighted by atomic mass is 32.2. The lowest BCUT2D eigenvalue weighted by atomic mass is 10.0. The van der Waals surface area contributed by atoms with E-state index < -0.39 is 21.1 Å². The summed E-state index contributed by atoms with van der Waals surface area (Å²) in [7, 11) is -3.17. The summed E-state index contributed by atoms with van der Waals surface area (Å²) in [5.74, 6) is -0.218. The highest BCUT2D eigenvalue weighted by Crippen LogP contribution is 2.29. The third-order valence-corrected chi connectivity index (χ3v) is 5.89. The van der Waals surface area contributed by atoms with Crippen molar-refractivity contribution in [3.05, 3.63) is 35.6 Å². The first-order chi connectivity index (χ1) is 8.45. The quantitative estimate of drug-likeness (QED) is 0.895. The molecule has 100 valence electrons. The Morgan fingerprint density at radius 3 is 2.67 bits per heavy atom. The summed E-state index contributed by atoms with van der Waals surface area (Å²) < 4.78 is 38.0. The predicted molar refractivity (Wildman–Crippen MR) is 69.6 cm³/mol. The van der Waals surface area contributed by atoms with E-state index in [9.17, 15) is 12.8 Å². The monoisotopic (exact) mass is 271 g/mol. The van der Waals surface area contributed by atoms with Gasteiger partial charge >= 0.3 is 0 Å². The Balaban J connectivity index is 2.40. The summed E-state index contributed by atoms with van der Waals surface area (Å²) in [6, 6.07) is 5.79. The zero-order chi connectivity index (χ0) is 13.3. The lowest BCUT2D eigenvalue weighted by Gasteiger charge is -2.35. The lowest BCUT2D eigenvalue weighted by Crippen LogP contribution is -2.51. The Morgan fingerprint density at radius 2 is 2.06 bits per heavy atom. The maximum absolute atomic E-state index is 13.8. The molecule has 3 atom stereocenters. The minimum Gasteiger partial charge on any atom is -0.305 e. The van der Waals surface area contributed by atoms with Crippen LogP contribution in [0.5, 0.6) is 0 Å². The summed E-state index contributed by atoms with van der Waals surface area (Å²) >= 11 is 0. The number of benzene rings is 1. The van der Waals surface area contributed by atoms with E-state index in [1.165, 1.54) is 6.07 Å². The van der Waals surface area contributed by atoms with Gasteiger partial charge in [0.15, 0.2) is 9.84 Å². The first-order valence-electron chi connectivity index (χ1n) is 6.17. The average molecular weight is 271 g/mol. The third kappa shape index (κ3) is 2.42. The molecule has 1 aromatic carbocycles. The minimum atomic E-state index is -3.17. The van der Waals surface area contributed by atoms with Crippen LogP contribution in [0.4, 0.5) is 4.39 Å². The molecule has 1 N–H and O–H groups in total. The fourth-order valence-corrected chi connectivity index (χ4v) is 4.22. The first kappa shape index (κ1) is 13.5. The van der Waals surface area contributed by atoms with Crippen LogP contribution in [0.15, 0.2) is 24.3 Å². The number of hydrogen-bond acceptors (Lipinski definition) is 3. The molecule has 0 aliphatic carbocycles. The van der Waals surface area contributed by atoms with Crippen LogP contribution in [0.3, 0.4) is 0 Å². The molecule has 3 nitrogen and oxygen atoms in total. The Kier molecular flexibility index (Phi) is 3.73. The van der Waals surface area contributed by atoms with Gasteiger partial charge < -0.3 is 5.32 Å². The van der Waals surface area contributed by atoms with Gasteiger partial charge in [0, 0.05) is 11.6 Å². The van der Waals surface area contributed by atoms with Crippen molar-refractivity contribution in [2.75, 3.05) is 5.75 Å². The van der Waals surface area contributed by atoms with Crippen LogP contribution in [0, 0.1) is 5.82 Å². The smallest absolute Gasteiger partial charge is 0.156 e. The van der Waals surface area contributed by atoms with Crippen LogP contribution in [0.1, 0.15) is 31.9 Å². The van der Waals surface area contributed by atoms with Gasteiger partial charge in [-0.05, 0) is 19.4 Å². The molecule has 2 rings (SSSR count). The molecule has 1 saturated heterocycles. The van der Waals surface area contributed by atoms with Crippen LogP contribution in [-0.4, -0.2) is 25.5 Å². The summed E-state index contributed by atoms with van der Waals surface area (Å²) in [6.07, 6.45) is 0.719. The van der Waals surface area contributed by atoms with Gasteiger partial charge in [-0.3, -0.25) is 0 Å². The van der Waals surface area contributed by atoms with Crippen molar-refractivity contribution in [1.82, 2.24) is 5.32 Å². The molecule has 18 heavy (non-hydrogen) atoms. The molecule has 3 unspecified atom stereocenters. The van der Waals surface area contributed by atoms with Crippen molar-refractivity contribution in [2.24, 2.45) is 0 Å². The Hall–Kier alpha value is -0.940. The van der Waals surface area contributed by atoms with Gasteiger partial charge in [0.05, 0.1) is 17.0 Å².